The molecule has 0 aliphatic rings. The Morgan fingerprint density at radius 1 is 1.33 bits per heavy atom. The summed E-state index contributed by atoms with van der Waals surface area (Å²) >= 11 is 0. The maximum Gasteiger partial charge on any atom is 0.325 e. The van der Waals surface area contributed by atoms with E-state index in [2.05, 4.69) is 4.98 Å². The number of nitrogen functional groups attached to an aromatic ring is 1. The molecule has 0 aliphatic heterocycles. The maximum atomic E-state index is 12.6. The van der Waals surface area contributed by atoms with Gasteiger partial charge in [-0.25, -0.2) is 0 Å². The van der Waals surface area contributed by atoms with Gasteiger partial charge in [0, 0.05) is 29.3 Å². The zero-order valence-corrected chi connectivity index (χ0v) is 12.2. The third-order valence-corrected chi connectivity index (χ3v) is 3.23. The maximum absolute atomic E-state index is 12.6. The molecule has 0 fully saturated rings. The number of aromatic amines is 1. The number of rotatable bonds is 5. The molecule has 6 heteroatoms. The van der Waals surface area contributed by atoms with Crippen molar-refractivity contribution in [3.05, 3.63) is 30.0 Å². The molecule has 2 aromatic rings. The summed E-state index contributed by atoms with van der Waals surface area (Å²) in [5.74, 6) is -0.630. The number of nitrogens with one attached hydrogen (secondary N) is 1. The molecular formula is C15H19N3O3. The molecule has 6 nitrogen and oxygen atoms in total. The van der Waals surface area contributed by atoms with Crippen LogP contribution in [0, 0.1) is 0 Å². The van der Waals surface area contributed by atoms with E-state index in [1.807, 2.05) is 13.0 Å². The van der Waals surface area contributed by atoms with Gasteiger partial charge in [-0.05, 0) is 32.0 Å². The average molecular weight is 289 g/mol. The highest BCUT2D eigenvalue weighted by Crippen LogP contribution is 2.22. The van der Waals surface area contributed by atoms with Gasteiger partial charge in [0.2, 0.25) is 0 Å². The quantitative estimate of drug-likeness (QED) is 0.648. The van der Waals surface area contributed by atoms with Crippen LogP contribution in [-0.4, -0.2) is 41.5 Å². The zero-order valence-electron chi connectivity index (χ0n) is 12.2. The highest BCUT2D eigenvalue weighted by molar-refractivity contribution is 6.08. The van der Waals surface area contributed by atoms with E-state index in [4.69, 9.17) is 10.5 Å². The first-order chi connectivity index (χ1) is 10.1. The highest BCUT2D eigenvalue weighted by atomic mass is 16.5. The fourth-order valence-electron chi connectivity index (χ4n) is 2.18. The van der Waals surface area contributed by atoms with Gasteiger partial charge in [0.1, 0.15) is 6.54 Å². The van der Waals surface area contributed by atoms with Crippen molar-refractivity contribution in [1.29, 1.82) is 0 Å². The first-order valence-electron chi connectivity index (χ1n) is 6.88. The van der Waals surface area contributed by atoms with Crippen LogP contribution >= 0.6 is 0 Å². The number of carbonyl (C=O) groups excluding carboxylic acids is 2. The van der Waals surface area contributed by atoms with Gasteiger partial charge in [0.25, 0.3) is 5.91 Å². The summed E-state index contributed by atoms with van der Waals surface area (Å²) in [7, 11) is 0. The molecule has 112 valence electrons. The van der Waals surface area contributed by atoms with E-state index in [1.165, 1.54) is 4.90 Å². The number of amides is 1. The third kappa shape index (κ3) is 3.16. The molecule has 0 saturated carbocycles. The molecule has 1 amide bonds. The molecule has 0 atom stereocenters. The Morgan fingerprint density at radius 3 is 2.76 bits per heavy atom. The molecule has 0 radical (unpaired) electrons. The predicted molar refractivity (Wildman–Crippen MR) is 80.9 cm³/mol. The average Bonchev–Trinajstić information content (AvgIpc) is 2.87. The SMILES string of the molecule is CCOC(=O)CN(CC)C(=O)c1c[nH]c2ccc(N)cc12. The van der Waals surface area contributed by atoms with E-state index >= 15 is 0 Å². The number of hydrogen-bond donors (Lipinski definition) is 2. The standard InChI is InChI=1S/C15H19N3O3/c1-3-18(9-14(19)21-4-2)15(20)12-8-17-13-6-5-10(16)7-11(12)13/h5-8,17H,3-4,9,16H2,1-2H3. The zero-order chi connectivity index (χ0) is 15.4. The normalized spacial score (nSPS) is 10.6. The van der Waals surface area contributed by atoms with E-state index < -0.39 is 5.97 Å². The fraction of sp³-hybridized carbons (Fsp3) is 0.333. The summed E-state index contributed by atoms with van der Waals surface area (Å²) in [6, 6.07) is 5.34. The van der Waals surface area contributed by atoms with Crippen LogP contribution in [0.15, 0.2) is 24.4 Å². The van der Waals surface area contributed by atoms with Gasteiger partial charge < -0.3 is 20.4 Å². The van der Waals surface area contributed by atoms with E-state index in [0.29, 0.717) is 24.4 Å². The smallest absolute Gasteiger partial charge is 0.325 e. The van der Waals surface area contributed by atoms with Gasteiger partial charge in [-0.1, -0.05) is 0 Å². The summed E-state index contributed by atoms with van der Waals surface area (Å²) in [4.78, 5) is 28.6. The van der Waals surface area contributed by atoms with Crippen LogP contribution in [0.25, 0.3) is 10.9 Å². The van der Waals surface area contributed by atoms with Gasteiger partial charge in [0.05, 0.1) is 12.2 Å². The van der Waals surface area contributed by atoms with Gasteiger partial charge in [-0.3, -0.25) is 9.59 Å². The lowest BCUT2D eigenvalue weighted by Gasteiger charge is -2.19. The van der Waals surface area contributed by atoms with Crippen molar-refractivity contribution in [3.63, 3.8) is 0 Å². The molecule has 0 unspecified atom stereocenters. The number of nitrogens with zero attached hydrogens (tertiary/aromatic N) is 1. The Bertz CT molecular complexity index is 663. The Balaban J connectivity index is 2.27. The van der Waals surface area contributed by atoms with Crippen molar-refractivity contribution in [3.8, 4) is 0 Å². The Hall–Kier alpha value is -2.50. The molecule has 0 saturated heterocycles. The Labute approximate surface area is 122 Å². The lowest BCUT2D eigenvalue weighted by Crippen LogP contribution is -2.36. The summed E-state index contributed by atoms with van der Waals surface area (Å²) in [6.45, 7) is 4.22. The van der Waals surface area contributed by atoms with E-state index in [1.54, 1.807) is 25.3 Å². The number of nitrogens with two attached hydrogens (primary N) is 1. The number of aromatic nitrogens is 1. The number of H-pyrrole nitrogens is 1. The lowest BCUT2D eigenvalue weighted by molar-refractivity contribution is -0.143. The molecule has 0 aliphatic carbocycles. The number of esters is 1. The van der Waals surface area contributed by atoms with Crippen molar-refractivity contribution in [2.45, 2.75) is 13.8 Å². The van der Waals surface area contributed by atoms with Crippen LogP contribution < -0.4 is 5.73 Å². The first-order valence-corrected chi connectivity index (χ1v) is 6.88. The minimum Gasteiger partial charge on any atom is -0.465 e. The van der Waals surface area contributed by atoms with Gasteiger partial charge in [0.15, 0.2) is 0 Å². The number of hydrogen-bond acceptors (Lipinski definition) is 4. The highest BCUT2D eigenvalue weighted by Gasteiger charge is 2.20. The van der Waals surface area contributed by atoms with Gasteiger partial charge >= 0.3 is 5.97 Å². The number of benzene rings is 1. The Kier molecular flexibility index (Phi) is 4.47. The molecule has 3 N–H and O–H groups in total. The lowest BCUT2D eigenvalue weighted by atomic mass is 10.1. The number of likely N-dealkylation sites (N-methyl/N-ethyl adjacent to an activating group) is 1. The number of anilines is 1. The molecule has 0 bridgehead atoms. The van der Waals surface area contributed by atoms with Crippen LogP contribution in [0.1, 0.15) is 24.2 Å². The second-order valence-electron chi connectivity index (χ2n) is 4.63. The monoisotopic (exact) mass is 289 g/mol. The minimum atomic E-state index is -0.410. The summed E-state index contributed by atoms with van der Waals surface area (Å²) in [5.41, 5.74) is 7.69. The summed E-state index contributed by atoms with van der Waals surface area (Å²) in [6.07, 6.45) is 1.64. The largest absolute Gasteiger partial charge is 0.465 e. The van der Waals surface area contributed by atoms with Gasteiger partial charge in [-0.2, -0.15) is 0 Å². The van der Waals surface area contributed by atoms with Crippen LogP contribution in [0.4, 0.5) is 5.69 Å². The van der Waals surface area contributed by atoms with E-state index in [9.17, 15) is 9.59 Å². The summed E-state index contributed by atoms with van der Waals surface area (Å²) < 4.78 is 4.89. The molecular weight excluding hydrogens is 270 g/mol. The minimum absolute atomic E-state index is 0.0574. The topological polar surface area (TPSA) is 88.4 Å². The molecule has 21 heavy (non-hydrogen) atoms. The third-order valence-electron chi connectivity index (χ3n) is 3.23. The van der Waals surface area contributed by atoms with E-state index in [-0.39, 0.29) is 12.5 Å². The Morgan fingerprint density at radius 2 is 2.10 bits per heavy atom. The van der Waals surface area contributed by atoms with Crippen molar-refractivity contribution in [2.24, 2.45) is 0 Å². The van der Waals surface area contributed by atoms with Crippen LogP contribution in [0.2, 0.25) is 0 Å². The molecule has 1 heterocycles. The number of carbonyl (C=O) groups is 2. The van der Waals surface area contributed by atoms with Gasteiger partial charge in [-0.15, -0.1) is 0 Å². The molecule has 1 aromatic carbocycles. The second-order valence-corrected chi connectivity index (χ2v) is 4.63. The van der Waals surface area contributed by atoms with Crippen molar-refractivity contribution >= 4 is 28.5 Å². The fourth-order valence-corrected chi connectivity index (χ4v) is 2.18. The first kappa shape index (κ1) is 14.9. The van der Waals surface area contributed by atoms with Crippen LogP contribution in [-0.2, 0) is 9.53 Å². The van der Waals surface area contributed by atoms with Crippen molar-refractivity contribution in [1.82, 2.24) is 9.88 Å². The second kappa shape index (κ2) is 6.30. The molecule has 2 rings (SSSR count). The summed E-state index contributed by atoms with van der Waals surface area (Å²) in [5, 5.41) is 0.752. The number of fused-ring (bicyclic) bond motifs is 1. The van der Waals surface area contributed by atoms with Crippen LogP contribution in [0.3, 0.4) is 0 Å². The van der Waals surface area contributed by atoms with Crippen LogP contribution in [0.5, 0.6) is 0 Å². The molecule has 0 spiro atoms. The van der Waals surface area contributed by atoms with Crippen molar-refractivity contribution < 1.29 is 14.3 Å². The number of ether oxygens (including phenoxy) is 1. The van der Waals surface area contributed by atoms with Crippen molar-refractivity contribution in [2.75, 3.05) is 25.4 Å². The predicted octanol–water partition coefficient (Wildman–Crippen LogP) is 1.78. The van der Waals surface area contributed by atoms with E-state index in [0.717, 1.165) is 10.9 Å². The molecule has 1 aromatic heterocycles.